The van der Waals surface area contributed by atoms with E-state index in [-0.39, 0.29) is 0 Å². The second-order valence-corrected chi connectivity index (χ2v) is 5.49. The smallest absolute Gasteiger partial charge is 0.146 e. The first kappa shape index (κ1) is 14.1. The minimum atomic E-state index is 0.481. The predicted molar refractivity (Wildman–Crippen MR) is 73.6 cm³/mol. The van der Waals surface area contributed by atoms with Crippen molar-refractivity contribution in [3.63, 3.8) is 0 Å². The Morgan fingerprint density at radius 2 is 2.06 bits per heavy atom. The molecule has 1 aromatic heterocycles. The Bertz CT molecular complexity index is 358. The number of rotatable bonds is 5. The lowest BCUT2D eigenvalue weighted by Crippen LogP contribution is -2.06. The first-order chi connectivity index (χ1) is 7.54. The molecule has 1 heterocycles. The number of nitrogens with zero attached hydrogens (tertiary/aromatic N) is 2. The van der Waals surface area contributed by atoms with Gasteiger partial charge in [-0.3, -0.25) is 0 Å². The summed E-state index contributed by atoms with van der Waals surface area (Å²) in [7, 11) is 1.65. The number of ether oxygens (including phenoxy) is 1. The van der Waals surface area contributed by atoms with Crippen molar-refractivity contribution in [1.29, 1.82) is 0 Å². The van der Waals surface area contributed by atoms with E-state index in [1.165, 1.54) is 0 Å². The Balaban J connectivity index is 2.86. The monoisotopic (exact) mass is 354 g/mol. The highest BCUT2D eigenvalue weighted by Crippen LogP contribution is 2.20. The SMILES string of the molecule is COCc1nc(CCC(C)C)nc(Cl)c1I. The average molecular weight is 355 g/mol. The van der Waals surface area contributed by atoms with Gasteiger partial charge in [0, 0.05) is 13.5 Å². The fraction of sp³-hybridized carbons (Fsp3) is 0.636. The van der Waals surface area contributed by atoms with E-state index in [0.717, 1.165) is 27.9 Å². The molecule has 0 aliphatic carbocycles. The third kappa shape index (κ3) is 4.14. The number of aryl methyl sites for hydroxylation is 1. The molecule has 0 radical (unpaired) electrons. The molecule has 90 valence electrons. The topological polar surface area (TPSA) is 35.0 Å². The Morgan fingerprint density at radius 1 is 1.38 bits per heavy atom. The maximum absolute atomic E-state index is 6.06. The number of hydrogen-bond donors (Lipinski definition) is 0. The van der Waals surface area contributed by atoms with Gasteiger partial charge in [0.05, 0.1) is 15.9 Å². The van der Waals surface area contributed by atoms with Crippen LogP contribution in [0.4, 0.5) is 0 Å². The van der Waals surface area contributed by atoms with Gasteiger partial charge in [-0.05, 0) is 34.9 Å². The van der Waals surface area contributed by atoms with Crippen LogP contribution in [0.1, 0.15) is 31.8 Å². The number of hydrogen-bond acceptors (Lipinski definition) is 3. The van der Waals surface area contributed by atoms with Gasteiger partial charge in [0.2, 0.25) is 0 Å². The Kier molecular flexibility index (Phi) is 5.92. The molecule has 0 bridgehead atoms. The van der Waals surface area contributed by atoms with Crippen LogP contribution in [0.3, 0.4) is 0 Å². The van der Waals surface area contributed by atoms with Crippen LogP contribution in [0, 0.1) is 9.49 Å². The third-order valence-electron chi connectivity index (χ3n) is 2.15. The van der Waals surface area contributed by atoms with E-state index in [1.54, 1.807) is 7.11 Å². The molecule has 1 rings (SSSR count). The lowest BCUT2D eigenvalue weighted by Gasteiger charge is -2.08. The van der Waals surface area contributed by atoms with Crippen molar-refractivity contribution >= 4 is 34.2 Å². The standard InChI is InChI=1S/C11H16ClIN2O/c1-7(2)4-5-9-14-8(6-16-3)10(13)11(12)15-9/h7H,4-6H2,1-3H3. The largest absolute Gasteiger partial charge is 0.378 e. The van der Waals surface area contributed by atoms with E-state index in [4.69, 9.17) is 16.3 Å². The second-order valence-electron chi connectivity index (χ2n) is 4.06. The van der Waals surface area contributed by atoms with Crippen molar-refractivity contribution in [2.24, 2.45) is 5.92 Å². The van der Waals surface area contributed by atoms with Gasteiger partial charge in [-0.1, -0.05) is 25.4 Å². The van der Waals surface area contributed by atoms with Gasteiger partial charge in [0.15, 0.2) is 0 Å². The van der Waals surface area contributed by atoms with Gasteiger partial charge >= 0.3 is 0 Å². The third-order valence-corrected chi connectivity index (χ3v) is 3.88. The first-order valence-electron chi connectivity index (χ1n) is 5.24. The van der Waals surface area contributed by atoms with Gasteiger partial charge in [-0.2, -0.15) is 0 Å². The number of aromatic nitrogens is 2. The highest BCUT2D eigenvalue weighted by Gasteiger charge is 2.10. The van der Waals surface area contributed by atoms with Crippen LogP contribution in [-0.2, 0) is 17.8 Å². The van der Waals surface area contributed by atoms with Crippen LogP contribution in [0.25, 0.3) is 0 Å². The minimum absolute atomic E-state index is 0.481. The molecule has 0 saturated carbocycles. The van der Waals surface area contributed by atoms with Crippen LogP contribution in [-0.4, -0.2) is 17.1 Å². The number of methoxy groups -OCH3 is 1. The second kappa shape index (κ2) is 6.71. The molecule has 3 nitrogen and oxygen atoms in total. The van der Waals surface area contributed by atoms with Crippen molar-refractivity contribution in [3.05, 3.63) is 20.2 Å². The molecular weight excluding hydrogens is 338 g/mol. The van der Waals surface area contributed by atoms with E-state index < -0.39 is 0 Å². The van der Waals surface area contributed by atoms with Crippen LogP contribution in [0.15, 0.2) is 0 Å². The molecular formula is C11H16ClIN2O. The molecule has 0 N–H and O–H groups in total. The summed E-state index contributed by atoms with van der Waals surface area (Å²) < 4.78 is 5.97. The summed E-state index contributed by atoms with van der Waals surface area (Å²) in [5.41, 5.74) is 0.877. The van der Waals surface area contributed by atoms with Crippen LogP contribution >= 0.6 is 34.2 Å². The van der Waals surface area contributed by atoms with Crippen LogP contribution in [0.2, 0.25) is 5.15 Å². The zero-order valence-electron chi connectivity index (χ0n) is 9.76. The zero-order chi connectivity index (χ0) is 12.1. The average Bonchev–Trinajstić information content (AvgIpc) is 2.22. The summed E-state index contributed by atoms with van der Waals surface area (Å²) in [5, 5.41) is 0.529. The minimum Gasteiger partial charge on any atom is -0.378 e. The van der Waals surface area contributed by atoms with Gasteiger partial charge < -0.3 is 4.74 Å². The molecule has 0 aliphatic rings. The molecule has 0 atom stereocenters. The van der Waals surface area contributed by atoms with Gasteiger partial charge in [0.1, 0.15) is 11.0 Å². The van der Waals surface area contributed by atoms with E-state index in [0.29, 0.717) is 17.7 Å². The molecule has 0 spiro atoms. The Hall–Kier alpha value is 0.0600. The normalized spacial score (nSPS) is 11.1. The molecule has 16 heavy (non-hydrogen) atoms. The fourth-order valence-electron chi connectivity index (χ4n) is 1.27. The highest BCUT2D eigenvalue weighted by molar-refractivity contribution is 14.1. The molecule has 5 heteroatoms. The molecule has 0 aromatic carbocycles. The van der Waals surface area contributed by atoms with Crippen molar-refractivity contribution in [3.8, 4) is 0 Å². The molecule has 0 fully saturated rings. The summed E-state index contributed by atoms with van der Waals surface area (Å²) in [6, 6.07) is 0. The molecule has 0 unspecified atom stereocenters. The molecule has 0 amide bonds. The van der Waals surface area contributed by atoms with Crippen molar-refractivity contribution < 1.29 is 4.74 Å². The summed E-state index contributed by atoms with van der Waals surface area (Å²) in [6.45, 7) is 4.85. The van der Waals surface area contributed by atoms with E-state index in [2.05, 4.69) is 46.4 Å². The first-order valence-corrected chi connectivity index (χ1v) is 6.70. The van der Waals surface area contributed by atoms with Crippen molar-refractivity contribution in [1.82, 2.24) is 9.97 Å². The predicted octanol–water partition coefficient (Wildman–Crippen LogP) is 3.47. The highest BCUT2D eigenvalue weighted by atomic mass is 127. The molecule has 0 aliphatic heterocycles. The molecule has 0 saturated heterocycles. The maximum Gasteiger partial charge on any atom is 0.146 e. The summed E-state index contributed by atoms with van der Waals surface area (Å²) >= 11 is 8.21. The van der Waals surface area contributed by atoms with E-state index >= 15 is 0 Å². The summed E-state index contributed by atoms with van der Waals surface area (Å²) in [4.78, 5) is 8.75. The molecule has 1 aromatic rings. The Labute approximate surface area is 115 Å². The van der Waals surface area contributed by atoms with Crippen LogP contribution in [0.5, 0.6) is 0 Å². The summed E-state index contributed by atoms with van der Waals surface area (Å²) in [5.74, 6) is 1.46. The zero-order valence-corrected chi connectivity index (χ0v) is 12.7. The van der Waals surface area contributed by atoms with Gasteiger partial charge in [-0.15, -0.1) is 0 Å². The van der Waals surface area contributed by atoms with Gasteiger partial charge in [0.25, 0.3) is 0 Å². The van der Waals surface area contributed by atoms with E-state index in [1.807, 2.05) is 0 Å². The lowest BCUT2D eigenvalue weighted by atomic mass is 10.1. The lowest BCUT2D eigenvalue weighted by molar-refractivity contribution is 0.180. The fourth-order valence-corrected chi connectivity index (χ4v) is 1.88. The quantitative estimate of drug-likeness (QED) is 0.600. The van der Waals surface area contributed by atoms with Crippen LogP contribution < -0.4 is 0 Å². The maximum atomic E-state index is 6.06. The van der Waals surface area contributed by atoms with Crippen molar-refractivity contribution in [2.75, 3.05) is 7.11 Å². The summed E-state index contributed by atoms with van der Waals surface area (Å²) in [6.07, 6.45) is 1.94. The van der Waals surface area contributed by atoms with Crippen molar-refractivity contribution in [2.45, 2.75) is 33.3 Å². The van der Waals surface area contributed by atoms with E-state index in [9.17, 15) is 0 Å². The number of halogens is 2. The Morgan fingerprint density at radius 3 is 2.62 bits per heavy atom. The van der Waals surface area contributed by atoms with Gasteiger partial charge in [-0.25, -0.2) is 9.97 Å².